The van der Waals surface area contributed by atoms with E-state index in [1.807, 2.05) is 12.1 Å². The molecule has 1 aromatic heterocycles. The Morgan fingerprint density at radius 1 is 1.00 bits per heavy atom. The molecule has 4 heteroatoms. The number of nitrogens with zero attached hydrogens (tertiary/aromatic N) is 1. The molecule has 0 aliphatic rings. The summed E-state index contributed by atoms with van der Waals surface area (Å²) in [6.45, 7) is 0. The first-order valence-corrected chi connectivity index (χ1v) is 11.4. The molecule has 1 heterocycles. The van der Waals surface area contributed by atoms with E-state index in [0.29, 0.717) is 0 Å². The summed E-state index contributed by atoms with van der Waals surface area (Å²) in [6, 6.07) is 16.9. The molecule has 0 aliphatic heterocycles. The maximum Gasteiger partial charge on any atom is 0.00705 e. The molecule has 17 heavy (non-hydrogen) atoms. The van der Waals surface area contributed by atoms with Crippen LogP contribution in [-0.2, 0) is 20.8 Å². The van der Waals surface area contributed by atoms with Crippen molar-refractivity contribution in [3.05, 3.63) is 60.9 Å². The summed E-state index contributed by atoms with van der Waals surface area (Å²) in [7, 11) is 9.87. The number of rotatable bonds is 1. The Kier molecular flexibility index (Phi) is 4.97. The minimum absolute atomic E-state index is 0.826. The second-order valence-corrected chi connectivity index (χ2v) is 7.24. The molecule has 0 atom stereocenters. The van der Waals surface area contributed by atoms with Crippen LogP contribution in [0.2, 0.25) is 0 Å². The van der Waals surface area contributed by atoms with E-state index in [-0.39, 0.29) is 0 Å². The molecule has 1 nitrogen and oxygen atoms in total. The molecule has 0 spiro atoms. The molecule has 0 unspecified atom stereocenters. The van der Waals surface area contributed by atoms with Crippen molar-refractivity contribution < 1.29 is 20.8 Å². The summed E-state index contributed by atoms with van der Waals surface area (Å²) in [6.07, 6.45) is 4.13. The van der Waals surface area contributed by atoms with Gasteiger partial charge < -0.3 is 4.57 Å². The van der Waals surface area contributed by atoms with Crippen LogP contribution in [0, 0.1) is 0 Å². The molecule has 0 saturated heterocycles. The third-order valence-electron chi connectivity index (χ3n) is 2.51. The van der Waals surface area contributed by atoms with E-state index in [1.54, 1.807) is 0 Å². The zero-order valence-corrected chi connectivity index (χ0v) is 12.9. The Morgan fingerprint density at radius 2 is 1.65 bits per heavy atom. The van der Waals surface area contributed by atoms with Crippen molar-refractivity contribution in [3.8, 4) is 5.69 Å². The van der Waals surface area contributed by atoms with E-state index in [4.69, 9.17) is 17.0 Å². The van der Waals surface area contributed by atoms with Crippen LogP contribution in [0.15, 0.2) is 60.9 Å². The van der Waals surface area contributed by atoms with Crippen molar-refractivity contribution in [2.24, 2.45) is 0 Å². The van der Waals surface area contributed by atoms with Crippen LogP contribution >= 0.6 is 17.0 Å². The SMILES string of the molecule is [Cl][Zr][Cl].c1ccc2[cH-]c(-n3cccc3)cc2c1. The van der Waals surface area contributed by atoms with Gasteiger partial charge in [0.15, 0.2) is 0 Å². The predicted octanol–water partition coefficient (Wildman–Crippen LogP) is 4.73. The molecular formula is C13H10Cl2NZr-. The van der Waals surface area contributed by atoms with Gasteiger partial charge in [-0.3, -0.25) is 0 Å². The number of aromatic nitrogens is 1. The Hall–Kier alpha value is -0.427. The van der Waals surface area contributed by atoms with Crippen molar-refractivity contribution in [3.63, 3.8) is 0 Å². The van der Waals surface area contributed by atoms with Crippen LogP contribution in [0.3, 0.4) is 0 Å². The standard InChI is InChI=1S/C13H10N.2ClH.Zr/c1-2-6-12-10-13(9-11(12)5-1)14-7-3-4-8-14;;;/h1-10H;2*1H;/q-1;;;+2/p-2. The van der Waals surface area contributed by atoms with E-state index >= 15 is 0 Å². The molecule has 0 saturated carbocycles. The van der Waals surface area contributed by atoms with E-state index in [1.165, 1.54) is 16.5 Å². The Labute approximate surface area is 119 Å². The first kappa shape index (κ1) is 13.0. The van der Waals surface area contributed by atoms with Gasteiger partial charge in [0.1, 0.15) is 0 Å². The maximum absolute atomic E-state index is 4.93. The molecular weight excluding hydrogens is 332 g/mol. The Balaban J connectivity index is 0.000000329. The number of hydrogen-bond donors (Lipinski definition) is 0. The average Bonchev–Trinajstić information content (AvgIpc) is 2.99. The van der Waals surface area contributed by atoms with Gasteiger partial charge >= 0.3 is 37.9 Å². The van der Waals surface area contributed by atoms with Crippen LogP contribution in [-0.4, -0.2) is 4.57 Å². The predicted molar refractivity (Wildman–Crippen MR) is 70.6 cm³/mol. The molecule has 0 fully saturated rings. The summed E-state index contributed by atoms with van der Waals surface area (Å²) in [4.78, 5) is 0. The second kappa shape index (κ2) is 6.49. The van der Waals surface area contributed by atoms with E-state index in [2.05, 4.69) is 53.4 Å². The first-order chi connectivity index (χ1) is 8.35. The fourth-order valence-corrected chi connectivity index (χ4v) is 1.79. The van der Waals surface area contributed by atoms with Gasteiger partial charge in [-0.25, -0.2) is 0 Å². The van der Waals surface area contributed by atoms with E-state index in [9.17, 15) is 0 Å². The van der Waals surface area contributed by atoms with Crippen molar-refractivity contribution in [2.75, 3.05) is 0 Å². The number of halogens is 2. The van der Waals surface area contributed by atoms with Crippen molar-refractivity contribution in [2.45, 2.75) is 0 Å². The molecule has 0 amide bonds. The fourth-order valence-electron chi connectivity index (χ4n) is 1.79. The van der Waals surface area contributed by atoms with Gasteiger partial charge in [0.2, 0.25) is 0 Å². The monoisotopic (exact) mass is 340 g/mol. The molecule has 0 aliphatic carbocycles. The molecule has 3 rings (SSSR count). The molecule has 3 aromatic rings. The normalized spacial score (nSPS) is 9.76. The third kappa shape index (κ3) is 3.28. The summed E-state index contributed by atoms with van der Waals surface area (Å²) in [5, 5.41) is 2.60. The smallest absolute Gasteiger partial charge is 0.00705 e. The van der Waals surface area contributed by atoms with Gasteiger partial charge in [-0.1, -0.05) is 6.07 Å². The minimum Gasteiger partial charge on any atom is -0.342 e. The molecule has 2 aromatic carbocycles. The zero-order chi connectivity index (χ0) is 12.1. The van der Waals surface area contributed by atoms with Gasteiger partial charge in [-0.15, -0.1) is 41.1 Å². The molecule has 0 bridgehead atoms. The van der Waals surface area contributed by atoms with Gasteiger partial charge in [-0.05, 0) is 17.8 Å². The largest absolute Gasteiger partial charge is 0.342 e. The van der Waals surface area contributed by atoms with E-state index < -0.39 is 20.8 Å². The Bertz CT molecular complexity index is 539. The van der Waals surface area contributed by atoms with Crippen LogP contribution in [0.1, 0.15) is 0 Å². The summed E-state index contributed by atoms with van der Waals surface area (Å²) < 4.78 is 2.12. The Morgan fingerprint density at radius 3 is 2.29 bits per heavy atom. The van der Waals surface area contributed by atoms with Gasteiger partial charge in [0.25, 0.3) is 0 Å². The van der Waals surface area contributed by atoms with E-state index in [0.717, 1.165) is 0 Å². The molecule has 0 N–H and O–H groups in total. The third-order valence-corrected chi connectivity index (χ3v) is 2.51. The first-order valence-electron chi connectivity index (χ1n) is 5.10. The fraction of sp³-hybridized carbons (Fsp3) is 0. The van der Waals surface area contributed by atoms with Crippen LogP contribution in [0.4, 0.5) is 0 Å². The van der Waals surface area contributed by atoms with Gasteiger partial charge in [0.05, 0.1) is 0 Å². The number of fused-ring (bicyclic) bond motifs is 1. The van der Waals surface area contributed by atoms with Gasteiger partial charge in [0, 0.05) is 12.4 Å². The minimum atomic E-state index is -0.826. The van der Waals surface area contributed by atoms with Crippen LogP contribution in [0.5, 0.6) is 0 Å². The van der Waals surface area contributed by atoms with Crippen molar-refractivity contribution in [1.29, 1.82) is 0 Å². The zero-order valence-electron chi connectivity index (χ0n) is 8.98. The van der Waals surface area contributed by atoms with Crippen LogP contribution in [0.25, 0.3) is 16.5 Å². The summed E-state index contributed by atoms with van der Waals surface area (Å²) in [5.41, 5.74) is 1.23. The molecule has 0 radical (unpaired) electrons. The topological polar surface area (TPSA) is 4.93 Å². The summed E-state index contributed by atoms with van der Waals surface area (Å²) in [5.74, 6) is 0. The van der Waals surface area contributed by atoms with Crippen molar-refractivity contribution in [1.82, 2.24) is 4.57 Å². The average molecular weight is 342 g/mol. The number of benzene rings is 1. The summed E-state index contributed by atoms with van der Waals surface area (Å²) >= 11 is -0.826. The van der Waals surface area contributed by atoms with Gasteiger partial charge in [-0.2, -0.15) is 0 Å². The quantitative estimate of drug-likeness (QED) is 0.564. The van der Waals surface area contributed by atoms with Crippen LogP contribution < -0.4 is 0 Å². The maximum atomic E-state index is 4.93. The second-order valence-electron chi connectivity index (χ2n) is 3.50. The molecule has 86 valence electrons. The van der Waals surface area contributed by atoms with Crippen molar-refractivity contribution >= 4 is 27.8 Å². The number of hydrogen-bond acceptors (Lipinski definition) is 0.